The summed E-state index contributed by atoms with van der Waals surface area (Å²) in [5, 5.41) is 7.64. The van der Waals surface area contributed by atoms with Gasteiger partial charge < -0.3 is 9.32 Å². The SMILES string of the molecule is CCCCc1cccc2c(-c3ccc(N(c4ccccc4)c4ccc(-c5ccc6c(c5)sc5ccc7oc8ccccc8c7c56)cc4)cc3)cccc12. The van der Waals surface area contributed by atoms with E-state index in [2.05, 4.69) is 176 Å². The highest BCUT2D eigenvalue weighted by molar-refractivity contribution is 7.26. The molecule has 3 heteroatoms. The van der Waals surface area contributed by atoms with Gasteiger partial charge in [0.25, 0.3) is 0 Å². The van der Waals surface area contributed by atoms with Crippen molar-refractivity contribution in [3.63, 3.8) is 0 Å². The zero-order valence-electron chi connectivity index (χ0n) is 29.6. The first-order valence-electron chi connectivity index (χ1n) is 18.6. The molecule has 0 aliphatic heterocycles. The van der Waals surface area contributed by atoms with Crippen LogP contribution in [0.3, 0.4) is 0 Å². The molecule has 0 saturated carbocycles. The fourth-order valence-electron chi connectivity index (χ4n) is 8.09. The second-order valence-electron chi connectivity index (χ2n) is 13.9. The monoisotopic (exact) mass is 699 g/mol. The summed E-state index contributed by atoms with van der Waals surface area (Å²) in [7, 11) is 0. The summed E-state index contributed by atoms with van der Waals surface area (Å²) < 4.78 is 8.79. The quantitative estimate of drug-likeness (QED) is 0.157. The lowest BCUT2D eigenvalue weighted by Crippen LogP contribution is -2.09. The first kappa shape index (κ1) is 31.6. The van der Waals surface area contributed by atoms with Gasteiger partial charge in [0, 0.05) is 48.0 Å². The molecule has 10 rings (SSSR count). The molecule has 0 unspecified atom stereocenters. The minimum atomic E-state index is 0.938. The van der Waals surface area contributed by atoms with Crippen molar-refractivity contribution in [2.45, 2.75) is 26.2 Å². The lowest BCUT2D eigenvalue weighted by atomic mass is 9.94. The molecule has 0 aliphatic rings. The smallest absolute Gasteiger partial charge is 0.136 e. The van der Waals surface area contributed by atoms with E-state index in [1.165, 1.54) is 82.4 Å². The van der Waals surface area contributed by atoms with E-state index < -0.39 is 0 Å². The van der Waals surface area contributed by atoms with Crippen molar-refractivity contribution in [1.29, 1.82) is 0 Å². The first-order valence-corrected chi connectivity index (χ1v) is 19.4. The van der Waals surface area contributed by atoms with Crippen LogP contribution in [-0.4, -0.2) is 0 Å². The molecule has 2 aromatic heterocycles. The van der Waals surface area contributed by atoms with Crippen molar-refractivity contribution in [1.82, 2.24) is 0 Å². The minimum Gasteiger partial charge on any atom is -0.456 e. The Hall–Kier alpha value is -6.16. The van der Waals surface area contributed by atoms with Crippen LogP contribution in [0.15, 0.2) is 174 Å². The number of benzene rings is 8. The number of anilines is 3. The molecule has 0 radical (unpaired) electrons. The molecule has 8 aromatic carbocycles. The number of rotatable bonds is 8. The normalized spacial score (nSPS) is 11.7. The molecular weight excluding hydrogens is 663 g/mol. The van der Waals surface area contributed by atoms with Gasteiger partial charge in [-0.2, -0.15) is 0 Å². The van der Waals surface area contributed by atoms with Gasteiger partial charge in [-0.3, -0.25) is 0 Å². The molecule has 0 atom stereocenters. The largest absolute Gasteiger partial charge is 0.456 e. The van der Waals surface area contributed by atoms with E-state index in [4.69, 9.17) is 4.42 Å². The lowest BCUT2D eigenvalue weighted by Gasteiger charge is -2.26. The van der Waals surface area contributed by atoms with Crippen molar-refractivity contribution in [3.8, 4) is 22.3 Å². The molecule has 254 valence electrons. The number of thiophene rings is 1. The Morgan fingerprint density at radius 1 is 0.472 bits per heavy atom. The Labute approximate surface area is 313 Å². The van der Waals surface area contributed by atoms with E-state index in [0.717, 1.165) is 34.6 Å². The lowest BCUT2D eigenvalue weighted by molar-refractivity contribution is 0.669. The van der Waals surface area contributed by atoms with Crippen molar-refractivity contribution >= 4 is 81.3 Å². The van der Waals surface area contributed by atoms with Gasteiger partial charge in [-0.15, -0.1) is 11.3 Å². The Bertz CT molecular complexity index is 2920. The number of nitrogens with zero attached hydrogens (tertiary/aromatic N) is 1. The summed E-state index contributed by atoms with van der Waals surface area (Å²) in [6, 6.07) is 61.8. The maximum Gasteiger partial charge on any atom is 0.136 e. The average molecular weight is 700 g/mol. The van der Waals surface area contributed by atoms with Gasteiger partial charge in [0.2, 0.25) is 0 Å². The summed E-state index contributed by atoms with van der Waals surface area (Å²) >= 11 is 1.85. The number of hydrogen-bond donors (Lipinski definition) is 0. The highest BCUT2D eigenvalue weighted by Crippen LogP contribution is 2.44. The standard InChI is InChI=1S/C50H37NOS/c1-2-3-11-34-12-9-18-42-40(34)16-10-17-41(42)35-22-27-39(28-23-35)51(37-13-5-4-6-14-37)38-25-20-33(21-26-38)36-24-29-44-48(32-36)53-47-31-30-46-49(50(44)47)43-15-7-8-19-45(43)52-46/h4-10,12-32H,2-3,11H2,1H3. The summed E-state index contributed by atoms with van der Waals surface area (Å²) in [5.41, 5.74) is 11.6. The fourth-order valence-corrected chi connectivity index (χ4v) is 9.24. The number of hydrogen-bond acceptors (Lipinski definition) is 3. The van der Waals surface area contributed by atoms with E-state index in [1.54, 1.807) is 0 Å². The number of fused-ring (bicyclic) bond motifs is 8. The van der Waals surface area contributed by atoms with Gasteiger partial charge in [0.1, 0.15) is 11.2 Å². The summed E-state index contributed by atoms with van der Waals surface area (Å²) in [4.78, 5) is 2.34. The second kappa shape index (κ2) is 13.1. The van der Waals surface area contributed by atoms with Crippen LogP contribution in [-0.2, 0) is 6.42 Å². The highest BCUT2D eigenvalue weighted by atomic mass is 32.1. The molecule has 2 heterocycles. The predicted octanol–water partition coefficient (Wildman–Crippen LogP) is 15.3. The van der Waals surface area contributed by atoms with Crippen molar-refractivity contribution in [2.24, 2.45) is 0 Å². The molecular formula is C50H37NOS. The van der Waals surface area contributed by atoms with Crippen LogP contribution in [0.5, 0.6) is 0 Å². The van der Waals surface area contributed by atoms with Crippen molar-refractivity contribution in [3.05, 3.63) is 175 Å². The third-order valence-electron chi connectivity index (χ3n) is 10.7. The Morgan fingerprint density at radius 3 is 1.96 bits per heavy atom. The number of furan rings is 1. The molecule has 0 spiro atoms. The van der Waals surface area contributed by atoms with E-state index in [1.807, 2.05) is 17.4 Å². The van der Waals surface area contributed by atoms with Crippen LogP contribution in [0.25, 0.3) is 75.1 Å². The maximum absolute atomic E-state index is 6.22. The van der Waals surface area contributed by atoms with Crippen LogP contribution in [0.1, 0.15) is 25.3 Å². The zero-order valence-corrected chi connectivity index (χ0v) is 30.4. The fraction of sp³-hybridized carbons (Fsp3) is 0.0800. The zero-order chi connectivity index (χ0) is 35.3. The molecule has 10 aromatic rings. The molecule has 53 heavy (non-hydrogen) atoms. The van der Waals surface area contributed by atoms with Crippen molar-refractivity contribution in [2.75, 3.05) is 4.90 Å². The third-order valence-corrected chi connectivity index (χ3v) is 11.8. The number of unbranched alkanes of at least 4 members (excludes halogenated alkanes) is 1. The molecule has 0 saturated heterocycles. The van der Waals surface area contributed by atoms with Gasteiger partial charge in [-0.25, -0.2) is 0 Å². The van der Waals surface area contributed by atoms with Gasteiger partial charge in [-0.1, -0.05) is 123 Å². The van der Waals surface area contributed by atoms with Crippen LogP contribution in [0.4, 0.5) is 17.1 Å². The Kier molecular flexibility index (Phi) is 7.81. The summed E-state index contributed by atoms with van der Waals surface area (Å²) in [5.74, 6) is 0. The van der Waals surface area contributed by atoms with Crippen LogP contribution in [0.2, 0.25) is 0 Å². The molecule has 0 bridgehead atoms. The number of aryl methyl sites for hydroxylation is 1. The van der Waals surface area contributed by atoms with Gasteiger partial charge in [0.15, 0.2) is 0 Å². The van der Waals surface area contributed by atoms with E-state index in [9.17, 15) is 0 Å². The third kappa shape index (κ3) is 5.48. The Morgan fingerprint density at radius 2 is 1.15 bits per heavy atom. The Balaban J connectivity index is 0.997. The second-order valence-corrected chi connectivity index (χ2v) is 15.0. The first-order chi connectivity index (χ1) is 26.2. The molecule has 0 N–H and O–H groups in total. The van der Waals surface area contributed by atoms with E-state index in [-0.39, 0.29) is 0 Å². The summed E-state index contributed by atoms with van der Waals surface area (Å²) in [6.45, 7) is 2.26. The predicted molar refractivity (Wildman–Crippen MR) is 228 cm³/mol. The molecule has 2 nitrogen and oxygen atoms in total. The highest BCUT2D eigenvalue weighted by Gasteiger charge is 2.17. The van der Waals surface area contributed by atoms with E-state index >= 15 is 0 Å². The van der Waals surface area contributed by atoms with Gasteiger partial charge >= 0.3 is 0 Å². The molecule has 0 aliphatic carbocycles. The maximum atomic E-state index is 6.22. The van der Waals surface area contributed by atoms with Gasteiger partial charge in [-0.05, 0) is 112 Å². The topological polar surface area (TPSA) is 16.4 Å². The van der Waals surface area contributed by atoms with Crippen LogP contribution < -0.4 is 4.90 Å². The van der Waals surface area contributed by atoms with Crippen LogP contribution in [0, 0.1) is 0 Å². The van der Waals surface area contributed by atoms with Crippen LogP contribution >= 0.6 is 11.3 Å². The number of para-hydroxylation sites is 2. The average Bonchev–Trinajstić information content (AvgIpc) is 3.79. The van der Waals surface area contributed by atoms with Gasteiger partial charge in [0.05, 0.1) is 0 Å². The molecule has 0 amide bonds. The molecule has 0 fully saturated rings. The van der Waals surface area contributed by atoms with E-state index in [0.29, 0.717) is 0 Å². The minimum absolute atomic E-state index is 0.938. The van der Waals surface area contributed by atoms with Crippen molar-refractivity contribution < 1.29 is 4.42 Å². The summed E-state index contributed by atoms with van der Waals surface area (Å²) in [6.07, 6.45) is 3.53.